The molecule has 0 spiro atoms. The Labute approximate surface area is 90.2 Å². The molecule has 0 aliphatic heterocycles. The highest BCUT2D eigenvalue weighted by Crippen LogP contribution is 2.13. The van der Waals surface area contributed by atoms with Gasteiger partial charge in [0.25, 0.3) is 0 Å². The molecule has 15 heavy (non-hydrogen) atoms. The first-order valence-electron chi connectivity index (χ1n) is 5.30. The maximum atomic E-state index is 4.32. The third-order valence-electron chi connectivity index (χ3n) is 2.33. The Kier molecular flexibility index (Phi) is 3.08. The van der Waals surface area contributed by atoms with Gasteiger partial charge in [-0.1, -0.05) is 13.0 Å². The average Bonchev–Trinajstić information content (AvgIpc) is 2.32. The van der Waals surface area contributed by atoms with Crippen LogP contribution in [0.3, 0.4) is 0 Å². The molecule has 0 aliphatic carbocycles. The van der Waals surface area contributed by atoms with Gasteiger partial charge in [-0.2, -0.15) is 0 Å². The van der Waals surface area contributed by atoms with Gasteiger partial charge in [0.1, 0.15) is 6.54 Å². The molecule has 0 amide bonds. The van der Waals surface area contributed by atoms with E-state index in [1.165, 1.54) is 5.56 Å². The zero-order valence-electron chi connectivity index (χ0n) is 8.93. The van der Waals surface area contributed by atoms with Gasteiger partial charge in [-0.05, 0) is 12.1 Å². The SMILES string of the molecule is CCC[n+]1ccc(-c2ccccn2)cc1. The van der Waals surface area contributed by atoms with Gasteiger partial charge < -0.3 is 0 Å². The summed E-state index contributed by atoms with van der Waals surface area (Å²) in [5.41, 5.74) is 2.20. The van der Waals surface area contributed by atoms with Crippen LogP contribution in [0.15, 0.2) is 48.9 Å². The van der Waals surface area contributed by atoms with Crippen LogP contribution in [0, 0.1) is 0 Å². The Morgan fingerprint density at radius 1 is 1.13 bits per heavy atom. The summed E-state index contributed by atoms with van der Waals surface area (Å²) in [6, 6.07) is 10.2. The second-order valence-electron chi connectivity index (χ2n) is 3.54. The van der Waals surface area contributed by atoms with Gasteiger partial charge in [0.15, 0.2) is 12.4 Å². The van der Waals surface area contributed by atoms with E-state index in [1.807, 2.05) is 24.4 Å². The summed E-state index contributed by atoms with van der Waals surface area (Å²) in [7, 11) is 0. The van der Waals surface area contributed by atoms with E-state index in [-0.39, 0.29) is 0 Å². The van der Waals surface area contributed by atoms with E-state index in [0.29, 0.717) is 0 Å². The lowest BCUT2D eigenvalue weighted by atomic mass is 10.2. The molecule has 2 aromatic rings. The van der Waals surface area contributed by atoms with Crippen molar-refractivity contribution >= 4 is 0 Å². The van der Waals surface area contributed by atoms with Crippen molar-refractivity contribution in [3.8, 4) is 11.3 Å². The molecule has 0 atom stereocenters. The van der Waals surface area contributed by atoms with Gasteiger partial charge in [-0.15, -0.1) is 0 Å². The van der Waals surface area contributed by atoms with Crippen molar-refractivity contribution in [2.24, 2.45) is 0 Å². The van der Waals surface area contributed by atoms with Gasteiger partial charge in [-0.3, -0.25) is 4.98 Å². The molecule has 2 nitrogen and oxygen atoms in total. The van der Waals surface area contributed by atoms with Gasteiger partial charge >= 0.3 is 0 Å². The molecule has 2 rings (SSSR count). The summed E-state index contributed by atoms with van der Waals surface area (Å²) in [5, 5.41) is 0. The molecule has 2 heteroatoms. The number of hydrogen-bond acceptors (Lipinski definition) is 1. The van der Waals surface area contributed by atoms with Crippen LogP contribution < -0.4 is 4.57 Å². The number of aromatic nitrogens is 2. The summed E-state index contributed by atoms with van der Waals surface area (Å²) in [4.78, 5) is 4.32. The molecule has 2 heterocycles. The second-order valence-corrected chi connectivity index (χ2v) is 3.54. The zero-order valence-corrected chi connectivity index (χ0v) is 8.93. The Morgan fingerprint density at radius 2 is 1.93 bits per heavy atom. The quantitative estimate of drug-likeness (QED) is 0.694. The van der Waals surface area contributed by atoms with Crippen molar-refractivity contribution in [1.82, 2.24) is 4.98 Å². The molecule has 0 unspecified atom stereocenters. The maximum absolute atomic E-state index is 4.32. The van der Waals surface area contributed by atoms with E-state index >= 15 is 0 Å². The number of aryl methyl sites for hydroxylation is 1. The van der Waals surface area contributed by atoms with Crippen molar-refractivity contribution < 1.29 is 4.57 Å². The minimum absolute atomic E-state index is 1.03. The normalized spacial score (nSPS) is 10.2. The Hall–Kier alpha value is -1.70. The fourth-order valence-corrected chi connectivity index (χ4v) is 1.57. The monoisotopic (exact) mass is 199 g/mol. The smallest absolute Gasteiger partial charge is 0.169 e. The largest absolute Gasteiger partial charge is 0.256 e. The van der Waals surface area contributed by atoms with Gasteiger partial charge in [-0.25, -0.2) is 4.57 Å². The summed E-state index contributed by atoms with van der Waals surface area (Å²) in [6.07, 6.45) is 7.19. The molecule has 0 saturated heterocycles. The first-order valence-corrected chi connectivity index (χ1v) is 5.30. The van der Waals surface area contributed by atoms with Crippen molar-refractivity contribution in [3.63, 3.8) is 0 Å². The summed E-state index contributed by atoms with van der Waals surface area (Å²) in [5.74, 6) is 0. The van der Waals surface area contributed by atoms with Crippen LogP contribution in [-0.2, 0) is 6.54 Å². The molecular formula is C13H15N2+. The van der Waals surface area contributed by atoms with Crippen LogP contribution in [0.2, 0.25) is 0 Å². The third kappa shape index (κ3) is 2.40. The highest BCUT2D eigenvalue weighted by molar-refractivity contribution is 5.56. The van der Waals surface area contributed by atoms with E-state index in [9.17, 15) is 0 Å². The minimum atomic E-state index is 1.03. The predicted octanol–water partition coefficient (Wildman–Crippen LogP) is 2.45. The van der Waals surface area contributed by atoms with Crippen LogP contribution in [-0.4, -0.2) is 4.98 Å². The van der Waals surface area contributed by atoms with Crippen LogP contribution in [0.4, 0.5) is 0 Å². The van der Waals surface area contributed by atoms with E-state index in [0.717, 1.165) is 18.7 Å². The molecule has 0 radical (unpaired) electrons. The Balaban J connectivity index is 2.24. The lowest BCUT2D eigenvalue weighted by Crippen LogP contribution is -2.31. The molecule has 0 N–H and O–H groups in total. The van der Waals surface area contributed by atoms with Crippen molar-refractivity contribution in [3.05, 3.63) is 48.9 Å². The number of pyridine rings is 2. The highest BCUT2D eigenvalue weighted by atomic mass is 14.9. The molecule has 0 aromatic carbocycles. The van der Waals surface area contributed by atoms with Gasteiger partial charge in [0.05, 0.1) is 5.69 Å². The number of hydrogen-bond donors (Lipinski definition) is 0. The fourth-order valence-electron chi connectivity index (χ4n) is 1.57. The Morgan fingerprint density at radius 3 is 2.53 bits per heavy atom. The van der Waals surface area contributed by atoms with Crippen molar-refractivity contribution in [2.45, 2.75) is 19.9 Å². The topological polar surface area (TPSA) is 16.8 Å². The summed E-state index contributed by atoms with van der Waals surface area (Å²) in [6.45, 7) is 3.25. The lowest BCUT2D eigenvalue weighted by Gasteiger charge is -1.98. The lowest BCUT2D eigenvalue weighted by molar-refractivity contribution is -0.696. The van der Waals surface area contributed by atoms with Crippen molar-refractivity contribution in [1.29, 1.82) is 0 Å². The standard InChI is InChI=1S/C13H15N2/c1-2-9-15-10-6-12(7-11-15)13-5-3-4-8-14-13/h3-8,10-11H,2,9H2,1H3/q+1. The van der Waals surface area contributed by atoms with E-state index in [1.54, 1.807) is 0 Å². The van der Waals surface area contributed by atoms with Gasteiger partial charge in [0.2, 0.25) is 0 Å². The summed E-state index contributed by atoms with van der Waals surface area (Å²) >= 11 is 0. The van der Waals surface area contributed by atoms with Gasteiger partial charge in [0, 0.05) is 30.3 Å². The van der Waals surface area contributed by atoms with Crippen LogP contribution >= 0.6 is 0 Å². The van der Waals surface area contributed by atoms with Crippen molar-refractivity contribution in [2.75, 3.05) is 0 Å². The average molecular weight is 199 g/mol. The zero-order chi connectivity index (χ0) is 10.5. The first-order chi connectivity index (χ1) is 7.40. The minimum Gasteiger partial charge on any atom is -0.256 e. The molecule has 76 valence electrons. The van der Waals surface area contributed by atoms with E-state index in [4.69, 9.17) is 0 Å². The maximum Gasteiger partial charge on any atom is 0.169 e. The molecule has 0 fully saturated rings. The first kappa shape index (κ1) is 9.84. The molecular weight excluding hydrogens is 184 g/mol. The highest BCUT2D eigenvalue weighted by Gasteiger charge is 2.01. The van der Waals surface area contributed by atoms with Crippen LogP contribution in [0.1, 0.15) is 13.3 Å². The second kappa shape index (κ2) is 4.69. The summed E-state index contributed by atoms with van der Waals surface area (Å²) < 4.78 is 2.19. The van der Waals surface area contributed by atoms with E-state index in [2.05, 4.69) is 41.0 Å². The number of nitrogens with zero attached hydrogens (tertiary/aromatic N) is 2. The van der Waals surface area contributed by atoms with E-state index < -0.39 is 0 Å². The predicted molar refractivity (Wildman–Crippen MR) is 60.2 cm³/mol. The third-order valence-corrected chi connectivity index (χ3v) is 2.33. The van der Waals surface area contributed by atoms with Crippen LogP contribution in [0.5, 0.6) is 0 Å². The molecule has 2 aromatic heterocycles. The Bertz CT molecular complexity index is 406. The molecule has 0 aliphatic rings. The van der Waals surface area contributed by atoms with Crippen LogP contribution in [0.25, 0.3) is 11.3 Å². The number of rotatable bonds is 3. The molecule has 0 bridgehead atoms. The fraction of sp³-hybridized carbons (Fsp3) is 0.231. The molecule has 0 saturated carbocycles.